The van der Waals surface area contributed by atoms with Gasteiger partial charge in [0, 0.05) is 25.0 Å². The molecule has 0 aliphatic rings. The molecule has 0 fully saturated rings. The highest BCUT2D eigenvalue weighted by Crippen LogP contribution is 2.14. The molecule has 1 aromatic carbocycles. The summed E-state index contributed by atoms with van der Waals surface area (Å²) >= 11 is 1.80. The lowest BCUT2D eigenvalue weighted by Gasteiger charge is -2.18. The zero-order valence-electron chi connectivity index (χ0n) is 8.93. The summed E-state index contributed by atoms with van der Waals surface area (Å²) in [6.07, 6.45) is 2.07. The maximum Gasteiger partial charge on any atom is 0.335 e. The van der Waals surface area contributed by atoms with Crippen LogP contribution < -0.4 is 4.90 Å². The fourth-order valence-electron chi connectivity index (χ4n) is 1.22. The summed E-state index contributed by atoms with van der Waals surface area (Å²) in [4.78, 5) is 12.8. The second kappa shape index (κ2) is 5.66. The number of rotatable bonds is 5. The van der Waals surface area contributed by atoms with E-state index in [1.54, 1.807) is 23.9 Å². The van der Waals surface area contributed by atoms with Crippen molar-refractivity contribution in [1.29, 1.82) is 0 Å². The highest BCUT2D eigenvalue weighted by Gasteiger charge is 2.03. The van der Waals surface area contributed by atoms with Gasteiger partial charge < -0.3 is 10.0 Å². The number of hydrogen-bond acceptors (Lipinski definition) is 3. The van der Waals surface area contributed by atoms with Crippen LogP contribution in [0.15, 0.2) is 24.3 Å². The molecule has 1 N–H and O–H groups in total. The number of carbonyl (C=O) groups is 1. The van der Waals surface area contributed by atoms with Crippen molar-refractivity contribution in [3.8, 4) is 0 Å². The van der Waals surface area contributed by atoms with Crippen molar-refractivity contribution >= 4 is 23.4 Å². The first kappa shape index (κ1) is 11.9. The highest BCUT2D eigenvalue weighted by molar-refractivity contribution is 7.98. The summed E-state index contributed by atoms with van der Waals surface area (Å²) in [6, 6.07) is 6.94. The zero-order chi connectivity index (χ0) is 11.3. The minimum atomic E-state index is -0.881. The molecule has 1 aromatic rings. The molecule has 0 saturated heterocycles. The van der Waals surface area contributed by atoms with E-state index in [0.717, 1.165) is 18.0 Å². The molecule has 0 atom stereocenters. The summed E-state index contributed by atoms with van der Waals surface area (Å²) in [5.74, 6) is 0.185. The third kappa shape index (κ3) is 3.47. The van der Waals surface area contributed by atoms with Crippen LogP contribution in [-0.4, -0.2) is 36.7 Å². The molecule has 15 heavy (non-hydrogen) atoms. The van der Waals surface area contributed by atoms with E-state index in [0.29, 0.717) is 5.56 Å². The molecule has 0 unspecified atom stereocenters. The molecule has 3 nitrogen and oxygen atoms in total. The molecule has 0 aliphatic heterocycles. The van der Waals surface area contributed by atoms with Crippen LogP contribution in [0.4, 0.5) is 5.69 Å². The Kier molecular flexibility index (Phi) is 4.49. The lowest BCUT2D eigenvalue weighted by Crippen LogP contribution is -2.20. The van der Waals surface area contributed by atoms with Gasteiger partial charge in [0.2, 0.25) is 0 Å². The maximum atomic E-state index is 10.6. The maximum absolute atomic E-state index is 10.6. The third-order valence-electron chi connectivity index (χ3n) is 2.19. The Morgan fingerprint density at radius 2 is 2.00 bits per heavy atom. The second-order valence-electron chi connectivity index (χ2n) is 3.27. The number of carboxylic acid groups (broad SMARTS) is 1. The van der Waals surface area contributed by atoms with Crippen molar-refractivity contribution in [2.45, 2.75) is 0 Å². The average Bonchev–Trinajstić information content (AvgIpc) is 2.26. The molecule has 4 heteroatoms. The van der Waals surface area contributed by atoms with Gasteiger partial charge in [0.1, 0.15) is 0 Å². The molecule has 0 aliphatic carbocycles. The van der Waals surface area contributed by atoms with Crippen LogP contribution in [0.3, 0.4) is 0 Å². The van der Waals surface area contributed by atoms with Crippen LogP contribution in [-0.2, 0) is 0 Å². The largest absolute Gasteiger partial charge is 0.478 e. The Hall–Kier alpha value is -1.16. The van der Waals surface area contributed by atoms with Gasteiger partial charge in [-0.1, -0.05) is 0 Å². The molecule has 82 valence electrons. The van der Waals surface area contributed by atoms with Crippen LogP contribution in [0.2, 0.25) is 0 Å². The van der Waals surface area contributed by atoms with Crippen LogP contribution in [0, 0.1) is 0 Å². The minimum absolute atomic E-state index is 0.331. The molecular weight excluding hydrogens is 210 g/mol. The second-order valence-corrected chi connectivity index (χ2v) is 4.25. The molecule has 0 bridgehead atoms. The van der Waals surface area contributed by atoms with E-state index in [1.165, 1.54) is 0 Å². The van der Waals surface area contributed by atoms with Gasteiger partial charge >= 0.3 is 5.97 Å². The van der Waals surface area contributed by atoms with Gasteiger partial charge in [-0.2, -0.15) is 11.8 Å². The molecule has 0 heterocycles. The molecule has 0 amide bonds. The molecule has 1 rings (SSSR count). The summed E-state index contributed by atoms with van der Waals surface area (Å²) in [5.41, 5.74) is 1.38. The quantitative estimate of drug-likeness (QED) is 0.834. The lowest BCUT2D eigenvalue weighted by molar-refractivity contribution is 0.0697. The third-order valence-corrected chi connectivity index (χ3v) is 2.78. The fourth-order valence-corrected chi connectivity index (χ4v) is 1.67. The smallest absolute Gasteiger partial charge is 0.335 e. The van der Waals surface area contributed by atoms with Crippen LogP contribution in [0.5, 0.6) is 0 Å². The number of aromatic carboxylic acids is 1. The van der Waals surface area contributed by atoms with Crippen LogP contribution >= 0.6 is 11.8 Å². The molecule has 0 saturated carbocycles. The predicted octanol–water partition coefficient (Wildman–Crippen LogP) is 2.18. The zero-order valence-corrected chi connectivity index (χ0v) is 9.75. The normalized spacial score (nSPS) is 10.0. The lowest BCUT2D eigenvalue weighted by atomic mass is 10.2. The molecule has 0 spiro atoms. The van der Waals surface area contributed by atoms with Crippen LogP contribution in [0.1, 0.15) is 10.4 Å². The van der Waals surface area contributed by atoms with E-state index in [2.05, 4.69) is 11.2 Å². The Labute approximate surface area is 94.1 Å². The van der Waals surface area contributed by atoms with Crippen molar-refractivity contribution < 1.29 is 9.90 Å². The van der Waals surface area contributed by atoms with Gasteiger partial charge in [-0.15, -0.1) is 0 Å². The number of thioether (sulfide) groups is 1. The first-order valence-corrected chi connectivity index (χ1v) is 6.08. The van der Waals surface area contributed by atoms with Gasteiger partial charge in [-0.05, 0) is 30.5 Å². The average molecular weight is 225 g/mol. The first-order valence-electron chi connectivity index (χ1n) is 4.68. The van der Waals surface area contributed by atoms with E-state index >= 15 is 0 Å². The van der Waals surface area contributed by atoms with Gasteiger partial charge in [0.05, 0.1) is 5.56 Å². The van der Waals surface area contributed by atoms with E-state index < -0.39 is 5.97 Å². The van der Waals surface area contributed by atoms with Gasteiger partial charge in [0.25, 0.3) is 0 Å². The number of carboxylic acids is 1. The van der Waals surface area contributed by atoms with E-state index in [9.17, 15) is 4.79 Å². The number of hydrogen-bond donors (Lipinski definition) is 1. The van der Waals surface area contributed by atoms with Crippen molar-refractivity contribution in [3.63, 3.8) is 0 Å². The Morgan fingerprint density at radius 1 is 1.40 bits per heavy atom. The molecular formula is C11H15NO2S. The van der Waals surface area contributed by atoms with E-state index in [1.807, 2.05) is 19.2 Å². The molecule has 0 radical (unpaired) electrons. The molecule has 0 aromatic heterocycles. The monoisotopic (exact) mass is 225 g/mol. The SMILES string of the molecule is CSCCN(C)c1ccc(C(=O)O)cc1. The van der Waals surface area contributed by atoms with Crippen molar-refractivity contribution in [2.24, 2.45) is 0 Å². The van der Waals surface area contributed by atoms with E-state index in [4.69, 9.17) is 5.11 Å². The predicted molar refractivity (Wildman–Crippen MR) is 65.1 cm³/mol. The number of nitrogens with zero attached hydrogens (tertiary/aromatic N) is 1. The van der Waals surface area contributed by atoms with Crippen LogP contribution in [0.25, 0.3) is 0 Å². The van der Waals surface area contributed by atoms with Crippen molar-refractivity contribution in [2.75, 3.05) is 30.5 Å². The topological polar surface area (TPSA) is 40.5 Å². The number of anilines is 1. The minimum Gasteiger partial charge on any atom is -0.478 e. The standard InChI is InChI=1S/C11H15NO2S/c1-12(7-8-15-2)10-5-3-9(4-6-10)11(13)14/h3-6H,7-8H2,1-2H3,(H,13,14). The summed E-state index contributed by atoms with van der Waals surface area (Å²) in [5, 5.41) is 8.74. The Bertz CT molecular complexity index is 324. The van der Waals surface area contributed by atoms with Gasteiger partial charge in [-0.25, -0.2) is 4.79 Å². The van der Waals surface area contributed by atoms with Gasteiger partial charge in [-0.3, -0.25) is 0 Å². The number of benzene rings is 1. The summed E-state index contributed by atoms with van der Waals surface area (Å²) in [7, 11) is 2.01. The van der Waals surface area contributed by atoms with Crippen molar-refractivity contribution in [1.82, 2.24) is 0 Å². The highest BCUT2D eigenvalue weighted by atomic mass is 32.2. The van der Waals surface area contributed by atoms with Gasteiger partial charge in [0.15, 0.2) is 0 Å². The summed E-state index contributed by atoms with van der Waals surface area (Å²) in [6.45, 7) is 0.966. The Balaban J connectivity index is 2.66. The first-order chi connectivity index (χ1) is 7.15. The van der Waals surface area contributed by atoms with E-state index in [-0.39, 0.29) is 0 Å². The van der Waals surface area contributed by atoms with Crippen molar-refractivity contribution in [3.05, 3.63) is 29.8 Å². The Morgan fingerprint density at radius 3 is 2.47 bits per heavy atom. The fraction of sp³-hybridized carbons (Fsp3) is 0.364. The summed E-state index contributed by atoms with van der Waals surface area (Å²) < 4.78 is 0.